The number of aromatic amines is 1. The van der Waals surface area contributed by atoms with E-state index in [0.29, 0.717) is 18.6 Å². The fraction of sp³-hybridized carbons (Fsp3) is 0.636. The van der Waals surface area contributed by atoms with Crippen LogP contribution in [0.5, 0.6) is 0 Å². The summed E-state index contributed by atoms with van der Waals surface area (Å²) in [6, 6.07) is 3.22. The van der Waals surface area contributed by atoms with E-state index in [1.165, 1.54) is 19.3 Å². The van der Waals surface area contributed by atoms with Crippen LogP contribution >= 0.6 is 24.0 Å². The molecule has 2 aliphatic rings. The van der Waals surface area contributed by atoms with E-state index in [2.05, 4.69) is 25.8 Å². The van der Waals surface area contributed by atoms with Gasteiger partial charge in [0.15, 0.2) is 5.96 Å². The van der Waals surface area contributed by atoms with Crippen molar-refractivity contribution in [3.8, 4) is 0 Å². The van der Waals surface area contributed by atoms with Crippen molar-refractivity contribution in [2.24, 2.45) is 4.99 Å². The number of aromatic nitrogens is 2. The number of nitrogens with zero attached hydrogens (tertiary/aromatic N) is 2. The van der Waals surface area contributed by atoms with Crippen LogP contribution in [0.4, 0.5) is 0 Å². The number of nitrogens with one attached hydrogen (secondary N) is 3. The minimum absolute atomic E-state index is 0. The predicted octanol–water partition coefficient (Wildman–Crippen LogP) is 1.31. The second-order valence-corrected chi connectivity index (χ2v) is 4.64. The largest absolute Gasteiger partial charge is 0.352 e. The molecule has 1 saturated carbocycles. The number of hydrogen-bond acceptors (Lipinski definition) is 2. The molecular formula is C11H18IN5. The van der Waals surface area contributed by atoms with Crippen LogP contribution in [0, 0.1) is 6.92 Å². The molecule has 17 heavy (non-hydrogen) atoms. The number of H-pyrrole nitrogens is 1. The maximum Gasteiger partial charge on any atom is 0.192 e. The number of hydrogen-bond donors (Lipinski definition) is 3. The summed E-state index contributed by atoms with van der Waals surface area (Å²) in [6.07, 6.45) is 3.84. The Bertz CT molecular complexity index is 400. The summed E-state index contributed by atoms with van der Waals surface area (Å²) >= 11 is 0. The molecule has 0 bridgehead atoms. The second-order valence-electron chi connectivity index (χ2n) is 4.64. The fourth-order valence-corrected chi connectivity index (χ4v) is 2.51. The van der Waals surface area contributed by atoms with Crippen LogP contribution in [0.3, 0.4) is 0 Å². The lowest BCUT2D eigenvalue weighted by Gasteiger charge is -2.04. The zero-order valence-corrected chi connectivity index (χ0v) is 12.2. The van der Waals surface area contributed by atoms with Crippen molar-refractivity contribution in [3.05, 3.63) is 17.5 Å². The molecule has 5 nitrogen and oxygen atoms in total. The van der Waals surface area contributed by atoms with Gasteiger partial charge < -0.3 is 10.6 Å². The number of guanidine groups is 1. The Hall–Kier alpha value is -0.790. The zero-order chi connectivity index (χ0) is 11.0. The monoisotopic (exact) mass is 347 g/mol. The molecule has 0 amide bonds. The van der Waals surface area contributed by atoms with Crippen LogP contribution < -0.4 is 10.6 Å². The molecule has 1 aliphatic heterocycles. The van der Waals surface area contributed by atoms with Gasteiger partial charge >= 0.3 is 0 Å². The van der Waals surface area contributed by atoms with Gasteiger partial charge in [0.1, 0.15) is 0 Å². The quantitative estimate of drug-likeness (QED) is 0.707. The Morgan fingerprint density at radius 2 is 2.06 bits per heavy atom. The van der Waals surface area contributed by atoms with E-state index in [1.54, 1.807) is 0 Å². The van der Waals surface area contributed by atoms with E-state index in [1.807, 2.05) is 13.0 Å². The minimum Gasteiger partial charge on any atom is -0.352 e. The Balaban J connectivity index is 0.00000108. The second kappa shape index (κ2) is 5.24. The van der Waals surface area contributed by atoms with E-state index in [0.717, 1.165) is 17.3 Å². The summed E-state index contributed by atoms with van der Waals surface area (Å²) in [6.45, 7) is 2.64. The molecule has 2 heterocycles. The van der Waals surface area contributed by atoms with Crippen molar-refractivity contribution >= 4 is 29.9 Å². The smallest absolute Gasteiger partial charge is 0.192 e. The zero-order valence-electron chi connectivity index (χ0n) is 9.86. The Morgan fingerprint density at radius 3 is 2.65 bits per heavy atom. The molecule has 0 aromatic carbocycles. The summed E-state index contributed by atoms with van der Waals surface area (Å²) in [4.78, 5) is 4.50. The first-order chi connectivity index (χ1) is 7.81. The van der Waals surface area contributed by atoms with Crippen molar-refractivity contribution < 1.29 is 0 Å². The standard InChI is InChI=1S/C11H17N5.HI/c1-7-5-8(16-15-7)6-12-11-13-9-3-2-4-10(9)14-11;/h5,9-10H,2-4,6H2,1H3,(H,15,16)(H2,12,13,14);1H. The molecule has 3 N–H and O–H groups in total. The lowest BCUT2D eigenvalue weighted by Crippen LogP contribution is -2.28. The molecule has 1 aromatic heterocycles. The lowest BCUT2D eigenvalue weighted by atomic mass is 10.2. The third kappa shape index (κ3) is 2.72. The van der Waals surface area contributed by atoms with E-state index < -0.39 is 0 Å². The highest BCUT2D eigenvalue weighted by molar-refractivity contribution is 14.0. The first kappa shape index (κ1) is 12.7. The summed E-state index contributed by atoms with van der Waals surface area (Å²) in [5.74, 6) is 0.940. The molecule has 1 aromatic rings. The molecule has 0 spiro atoms. The van der Waals surface area contributed by atoms with Crippen LogP contribution in [0.25, 0.3) is 0 Å². The molecule has 1 saturated heterocycles. The number of halogens is 1. The number of fused-ring (bicyclic) bond motifs is 1. The van der Waals surface area contributed by atoms with Crippen LogP contribution in [0.1, 0.15) is 30.7 Å². The van der Waals surface area contributed by atoms with Crippen molar-refractivity contribution in [3.63, 3.8) is 0 Å². The van der Waals surface area contributed by atoms with Gasteiger partial charge in [0.2, 0.25) is 0 Å². The molecule has 94 valence electrons. The topological polar surface area (TPSA) is 65.1 Å². The highest BCUT2D eigenvalue weighted by Crippen LogP contribution is 2.22. The Morgan fingerprint density at radius 1 is 1.35 bits per heavy atom. The third-order valence-electron chi connectivity index (χ3n) is 3.32. The normalized spacial score (nSPS) is 25.8. The summed E-state index contributed by atoms with van der Waals surface area (Å²) in [5, 5.41) is 13.9. The summed E-state index contributed by atoms with van der Waals surface area (Å²) in [7, 11) is 0. The van der Waals surface area contributed by atoms with Gasteiger partial charge in [-0.25, -0.2) is 4.99 Å². The number of aliphatic imine (C=N–C) groups is 1. The molecular weight excluding hydrogens is 329 g/mol. The first-order valence-corrected chi connectivity index (χ1v) is 5.90. The molecule has 3 rings (SSSR count). The first-order valence-electron chi connectivity index (χ1n) is 5.90. The molecule has 1 aliphatic carbocycles. The van der Waals surface area contributed by atoms with Gasteiger partial charge in [0.25, 0.3) is 0 Å². The average molecular weight is 347 g/mol. The van der Waals surface area contributed by atoms with E-state index in [4.69, 9.17) is 0 Å². The van der Waals surface area contributed by atoms with Gasteiger partial charge in [-0.15, -0.1) is 24.0 Å². The molecule has 2 atom stereocenters. The molecule has 0 radical (unpaired) electrons. The van der Waals surface area contributed by atoms with Crippen LogP contribution in [-0.4, -0.2) is 28.2 Å². The van der Waals surface area contributed by atoms with E-state index in [9.17, 15) is 0 Å². The Kier molecular flexibility index (Phi) is 3.90. The molecule has 2 fully saturated rings. The van der Waals surface area contributed by atoms with Gasteiger partial charge in [-0.1, -0.05) is 0 Å². The Labute approximate surface area is 118 Å². The van der Waals surface area contributed by atoms with Gasteiger partial charge in [-0.2, -0.15) is 5.10 Å². The number of aryl methyl sites for hydroxylation is 1. The molecule has 6 heteroatoms. The maximum atomic E-state index is 4.50. The van der Waals surface area contributed by atoms with Crippen LogP contribution in [0.15, 0.2) is 11.1 Å². The average Bonchev–Trinajstić information content (AvgIpc) is 2.89. The highest BCUT2D eigenvalue weighted by Gasteiger charge is 2.33. The maximum absolute atomic E-state index is 4.50. The van der Waals surface area contributed by atoms with Crippen molar-refractivity contribution in [1.82, 2.24) is 20.8 Å². The van der Waals surface area contributed by atoms with Crippen LogP contribution in [-0.2, 0) is 6.54 Å². The summed E-state index contributed by atoms with van der Waals surface area (Å²) in [5.41, 5.74) is 2.07. The predicted molar refractivity (Wildman–Crippen MR) is 77.6 cm³/mol. The van der Waals surface area contributed by atoms with E-state index >= 15 is 0 Å². The van der Waals surface area contributed by atoms with Gasteiger partial charge in [0.05, 0.1) is 12.2 Å². The minimum atomic E-state index is 0. The van der Waals surface area contributed by atoms with Gasteiger partial charge in [-0.05, 0) is 32.3 Å². The van der Waals surface area contributed by atoms with Crippen LogP contribution in [0.2, 0.25) is 0 Å². The highest BCUT2D eigenvalue weighted by atomic mass is 127. The van der Waals surface area contributed by atoms with Gasteiger partial charge in [0, 0.05) is 17.8 Å². The lowest BCUT2D eigenvalue weighted by molar-refractivity contribution is 0.583. The third-order valence-corrected chi connectivity index (χ3v) is 3.32. The summed E-state index contributed by atoms with van der Waals surface area (Å²) < 4.78 is 0. The fourth-order valence-electron chi connectivity index (χ4n) is 2.51. The van der Waals surface area contributed by atoms with Gasteiger partial charge in [-0.3, -0.25) is 5.10 Å². The van der Waals surface area contributed by atoms with Crippen molar-refractivity contribution in [2.75, 3.05) is 0 Å². The SMILES string of the molecule is Cc1cc(CN=C2NC3CCCC3N2)n[nH]1.I. The molecule has 2 unspecified atom stereocenters. The number of rotatable bonds is 2. The van der Waals surface area contributed by atoms with Crippen molar-refractivity contribution in [1.29, 1.82) is 0 Å². The van der Waals surface area contributed by atoms with E-state index in [-0.39, 0.29) is 24.0 Å². The van der Waals surface area contributed by atoms with Crippen molar-refractivity contribution in [2.45, 2.75) is 44.8 Å².